The van der Waals surface area contributed by atoms with Gasteiger partial charge in [-0.2, -0.15) is 0 Å². The lowest BCUT2D eigenvalue weighted by Gasteiger charge is -2.18. The van der Waals surface area contributed by atoms with Crippen molar-refractivity contribution < 1.29 is 14.1 Å². The number of nitro groups is 1. The van der Waals surface area contributed by atoms with Crippen LogP contribution in [-0.2, 0) is 0 Å². The van der Waals surface area contributed by atoms with E-state index >= 15 is 0 Å². The minimum absolute atomic E-state index is 0.0266. The molecule has 9 nitrogen and oxygen atoms in total. The van der Waals surface area contributed by atoms with Gasteiger partial charge in [-0.05, 0) is 79.0 Å². The van der Waals surface area contributed by atoms with Crippen LogP contribution in [0.15, 0.2) is 59.0 Å². The van der Waals surface area contributed by atoms with Crippen LogP contribution in [0.3, 0.4) is 0 Å². The van der Waals surface area contributed by atoms with Crippen LogP contribution >= 0.6 is 23.8 Å². The van der Waals surface area contributed by atoms with Gasteiger partial charge in [0.1, 0.15) is 11.2 Å². The summed E-state index contributed by atoms with van der Waals surface area (Å²) in [6.45, 7) is 5.74. The van der Waals surface area contributed by atoms with E-state index < -0.39 is 10.8 Å². The number of amides is 1. The molecule has 0 bridgehead atoms. The van der Waals surface area contributed by atoms with Crippen molar-refractivity contribution in [3.8, 4) is 11.5 Å². The fourth-order valence-electron chi connectivity index (χ4n) is 4.56. The quantitative estimate of drug-likeness (QED) is 0.148. The average Bonchev–Trinajstić information content (AvgIpc) is 3.59. The van der Waals surface area contributed by atoms with Crippen molar-refractivity contribution in [3.05, 3.63) is 80.9 Å². The Labute approximate surface area is 235 Å². The predicted molar refractivity (Wildman–Crippen MR) is 157 cm³/mol. The van der Waals surface area contributed by atoms with Gasteiger partial charge in [0.05, 0.1) is 15.5 Å². The minimum atomic E-state index is -0.558. The van der Waals surface area contributed by atoms with Crippen LogP contribution in [-0.4, -0.2) is 34.0 Å². The third-order valence-corrected chi connectivity index (χ3v) is 7.17. The number of nitrogens with one attached hydrogen (secondary N) is 2. The molecule has 2 N–H and O–H groups in total. The molecule has 0 radical (unpaired) electrons. The fraction of sp³-hybridized carbons (Fsp3) is 0.250. The minimum Gasteiger partial charge on any atom is -0.436 e. The van der Waals surface area contributed by atoms with Crippen LogP contribution in [0.5, 0.6) is 0 Å². The maximum atomic E-state index is 12.8. The number of aromatic nitrogens is 1. The van der Waals surface area contributed by atoms with Gasteiger partial charge in [-0.3, -0.25) is 20.2 Å². The molecule has 1 aliphatic rings. The molecule has 200 valence electrons. The molecule has 3 aromatic carbocycles. The molecule has 5 rings (SSSR count). The summed E-state index contributed by atoms with van der Waals surface area (Å²) in [5.41, 5.74) is 4.20. The van der Waals surface area contributed by atoms with Gasteiger partial charge in [-0.1, -0.05) is 31.5 Å². The van der Waals surface area contributed by atoms with Crippen molar-refractivity contribution in [2.75, 3.05) is 23.3 Å². The van der Waals surface area contributed by atoms with Crippen LogP contribution in [0.1, 0.15) is 48.5 Å². The number of nitro benzene ring substituents is 1. The number of thiocarbonyl (C=S) groups is 1. The second-order valence-electron chi connectivity index (χ2n) is 9.66. The first kappa shape index (κ1) is 26.6. The second kappa shape index (κ2) is 11.0. The Balaban J connectivity index is 1.31. The molecule has 4 aromatic rings. The van der Waals surface area contributed by atoms with Crippen molar-refractivity contribution in [3.63, 3.8) is 0 Å². The number of benzene rings is 3. The number of carbonyl (C=O) groups excluding carboxylic acids is 1. The zero-order valence-corrected chi connectivity index (χ0v) is 22.9. The summed E-state index contributed by atoms with van der Waals surface area (Å²) in [6, 6.07) is 15.5. The number of hydrogen-bond acceptors (Lipinski definition) is 7. The third-order valence-electron chi connectivity index (χ3n) is 6.64. The van der Waals surface area contributed by atoms with E-state index in [0.29, 0.717) is 39.4 Å². The molecule has 1 amide bonds. The Morgan fingerprint density at radius 2 is 1.90 bits per heavy atom. The van der Waals surface area contributed by atoms with Crippen LogP contribution < -0.4 is 15.5 Å². The summed E-state index contributed by atoms with van der Waals surface area (Å²) >= 11 is 11.8. The van der Waals surface area contributed by atoms with Gasteiger partial charge in [0, 0.05) is 30.4 Å². The lowest BCUT2D eigenvalue weighted by molar-refractivity contribution is -0.384. The van der Waals surface area contributed by atoms with Crippen LogP contribution in [0.4, 0.5) is 17.1 Å². The van der Waals surface area contributed by atoms with Crippen molar-refractivity contribution in [1.82, 2.24) is 10.3 Å². The normalized spacial score (nSPS) is 13.2. The van der Waals surface area contributed by atoms with Gasteiger partial charge in [-0.15, -0.1) is 0 Å². The van der Waals surface area contributed by atoms with Gasteiger partial charge in [0.25, 0.3) is 11.6 Å². The van der Waals surface area contributed by atoms with Crippen LogP contribution in [0.2, 0.25) is 5.02 Å². The molecule has 39 heavy (non-hydrogen) atoms. The number of halogens is 1. The molecular weight excluding hydrogens is 538 g/mol. The Morgan fingerprint density at radius 1 is 1.13 bits per heavy atom. The number of nitrogens with zero attached hydrogens (tertiary/aromatic N) is 3. The van der Waals surface area contributed by atoms with Crippen molar-refractivity contribution in [2.24, 2.45) is 0 Å². The number of oxazole rings is 1. The predicted octanol–water partition coefficient (Wildman–Crippen LogP) is 6.91. The van der Waals surface area contributed by atoms with Crippen molar-refractivity contribution >= 4 is 63.0 Å². The van der Waals surface area contributed by atoms with Gasteiger partial charge >= 0.3 is 0 Å². The number of rotatable bonds is 6. The van der Waals surface area contributed by atoms with E-state index in [1.54, 1.807) is 30.3 Å². The highest BCUT2D eigenvalue weighted by Gasteiger charge is 2.24. The molecule has 1 aliphatic heterocycles. The summed E-state index contributed by atoms with van der Waals surface area (Å²) in [5.74, 6) is 0.161. The Kier molecular flexibility index (Phi) is 7.49. The summed E-state index contributed by atoms with van der Waals surface area (Å²) in [7, 11) is 0. The first-order chi connectivity index (χ1) is 18.7. The molecule has 1 aromatic heterocycles. The summed E-state index contributed by atoms with van der Waals surface area (Å²) in [4.78, 5) is 30.6. The summed E-state index contributed by atoms with van der Waals surface area (Å²) < 4.78 is 5.94. The number of anilines is 2. The van der Waals surface area contributed by atoms with Crippen molar-refractivity contribution in [2.45, 2.75) is 32.6 Å². The van der Waals surface area contributed by atoms with E-state index in [2.05, 4.69) is 29.5 Å². The highest BCUT2D eigenvalue weighted by atomic mass is 35.5. The molecule has 0 unspecified atom stereocenters. The molecule has 0 spiro atoms. The van der Waals surface area contributed by atoms with E-state index in [4.69, 9.17) is 28.2 Å². The zero-order chi connectivity index (χ0) is 27.7. The highest BCUT2D eigenvalue weighted by molar-refractivity contribution is 7.80. The highest BCUT2D eigenvalue weighted by Crippen LogP contribution is 2.34. The molecule has 2 heterocycles. The monoisotopic (exact) mass is 563 g/mol. The second-order valence-corrected chi connectivity index (χ2v) is 10.5. The molecule has 1 saturated heterocycles. The van der Waals surface area contributed by atoms with E-state index in [-0.39, 0.29) is 16.4 Å². The number of fused-ring (bicyclic) bond motifs is 1. The van der Waals surface area contributed by atoms with Gasteiger partial charge in [0.2, 0.25) is 5.89 Å². The fourth-order valence-corrected chi connectivity index (χ4v) is 4.97. The summed E-state index contributed by atoms with van der Waals surface area (Å²) in [6.07, 6.45) is 1.97. The van der Waals surface area contributed by atoms with Crippen molar-refractivity contribution in [1.29, 1.82) is 0 Å². The van der Waals surface area contributed by atoms with Gasteiger partial charge in [-0.25, -0.2) is 4.98 Å². The average molecular weight is 564 g/mol. The Morgan fingerprint density at radius 3 is 2.62 bits per heavy atom. The third kappa shape index (κ3) is 5.71. The molecule has 0 aliphatic carbocycles. The number of hydrogen-bond donors (Lipinski definition) is 2. The van der Waals surface area contributed by atoms with Gasteiger partial charge < -0.3 is 14.6 Å². The summed E-state index contributed by atoms with van der Waals surface area (Å²) in [5, 5.41) is 17.7. The first-order valence-electron chi connectivity index (χ1n) is 12.6. The molecule has 11 heteroatoms. The lowest BCUT2D eigenvalue weighted by atomic mass is 10.0. The topological polar surface area (TPSA) is 114 Å². The lowest BCUT2D eigenvalue weighted by Crippen LogP contribution is -2.34. The Hall–Kier alpha value is -4.02. The van der Waals surface area contributed by atoms with E-state index in [1.807, 2.05) is 23.1 Å². The number of carbonyl (C=O) groups is 1. The van der Waals surface area contributed by atoms with E-state index in [9.17, 15) is 14.9 Å². The van der Waals surface area contributed by atoms with Gasteiger partial charge in [0.15, 0.2) is 10.7 Å². The maximum absolute atomic E-state index is 12.8. The molecule has 0 saturated carbocycles. The van der Waals surface area contributed by atoms with Crippen LogP contribution in [0.25, 0.3) is 22.6 Å². The standard InChI is InChI=1S/C28H26ClN5O4S/c1-16(2)17-6-10-25-22(13-17)31-27(38-25)20-15-19(7-8-21(20)29)30-28(39)32-26(35)18-5-9-23(24(14-18)34(36)37)33-11-3-4-12-33/h5-10,13-16H,3-4,11-12H2,1-2H3,(H2,30,32,35,39). The van der Waals surface area contributed by atoms with E-state index in [1.165, 1.54) is 6.07 Å². The molecular formula is C28H26ClN5O4S. The first-order valence-corrected chi connectivity index (χ1v) is 13.3. The molecule has 0 atom stereocenters. The zero-order valence-electron chi connectivity index (χ0n) is 21.4. The largest absolute Gasteiger partial charge is 0.436 e. The smallest absolute Gasteiger partial charge is 0.293 e. The van der Waals surface area contributed by atoms with E-state index in [0.717, 1.165) is 37.0 Å². The van der Waals surface area contributed by atoms with Crippen LogP contribution in [0, 0.1) is 10.1 Å². The molecule has 1 fully saturated rings. The maximum Gasteiger partial charge on any atom is 0.293 e. The SMILES string of the molecule is CC(C)c1ccc2oc(-c3cc(NC(=S)NC(=O)c4ccc(N5CCCC5)c([N+](=O)[O-])c4)ccc3Cl)nc2c1. The Bertz CT molecular complexity index is 1600.